The highest BCUT2D eigenvalue weighted by Crippen LogP contribution is 2.27. The molecule has 0 saturated heterocycles. The summed E-state index contributed by atoms with van der Waals surface area (Å²) in [6.07, 6.45) is 1.53. The maximum atomic E-state index is 13.1. The van der Waals surface area contributed by atoms with Crippen molar-refractivity contribution in [3.8, 4) is 16.9 Å². The SMILES string of the molecule is O=S(=O)(NCc1ccccc1Cl)c1cn(-c2ccccc2)nc1-c1ccccc1. The van der Waals surface area contributed by atoms with Crippen LogP contribution in [-0.2, 0) is 16.6 Å². The fraction of sp³-hybridized carbons (Fsp3) is 0.0455. The van der Waals surface area contributed by atoms with Crippen LogP contribution in [0.25, 0.3) is 16.9 Å². The first kappa shape index (κ1) is 19.4. The van der Waals surface area contributed by atoms with Gasteiger partial charge in [-0.15, -0.1) is 0 Å². The van der Waals surface area contributed by atoms with Gasteiger partial charge in [0.2, 0.25) is 10.0 Å². The van der Waals surface area contributed by atoms with Crippen LogP contribution in [-0.4, -0.2) is 18.2 Å². The van der Waals surface area contributed by atoms with Crippen molar-refractivity contribution in [1.29, 1.82) is 0 Å². The normalized spacial score (nSPS) is 11.5. The molecule has 1 aromatic heterocycles. The average Bonchev–Trinajstić information content (AvgIpc) is 3.21. The number of hydrogen-bond acceptors (Lipinski definition) is 3. The summed E-state index contributed by atoms with van der Waals surface area (Å²) in [6.45, 7) is 0.0900. The van der Waals surface area contributed by atoms with Crippen molar-refractivity contribution in [1.82, 2.24) is 14.5 Å². The molecule has 0 atom stereocenters. The molecule has 1 N–H and O–H groups in total. The lowest BCUT2D eigenvalue weighted by Crippen LogP contribution is -2.23. The van der Waals surface area contributed by atoms with Crippen molar-refractivity contribution in [2.75, 3.05) is 0 Å². The molecule has 4 rings (SSSR count). The van der Waals surface area contributed by atoms with Crippen LogP contribution in [0.4, 0.5) is 0 Å². The fourth-order valence-corrected chi connectivity index (χ4v) is 4.31. The van der Waals surface area contributed by atoms with Crippen LogP contribution in [0.15, 0.2) is 96.0 Å². The Morgan fingerprint density at radius 3 is 2.17 bits per heavy atom. The molecule has 0 aliphatic rings. The third-order valence-corrected chi connectivity index (χ3v) is 6.22. The second kappa shape index (κ2) is 8.21. The van der Waals surface area contributed by atoms with Gasteiger partial charge in [0.25, 0.3) is 0 Å². The van der Waals surface area contributed by atoms with Crippen molar-refractivity contribution in [2.24, 2.45) is 0 Å². The molecule has 0 amide bonds. The van der Waals surface area contributed by atoms with Gasteiger partial charge in [-0.05, 0) is 23.8 Å². The van der Waals surface area contributed by atoms with Gasteiger partial charge < -0.3 is 0 Å². The zero-order chi connectivity index (χ0) is 20.3. The molecule has 3 aromatic carbocycles. The molecular formula is C22H18ClN3O2S. The molecule has 0 unspecified atom stereocenters. The summed E-state index contributed by atoms with van der Waals surface area (Å²) in [5.74, 6) is 0. The number of hydrogen-bond donors (Lipinski definition) is 1. The highest BCUT2D eigenvalue weighted by atomic mass is 35.5. The van der Waals surface area contributed by atoms with Crippen LogP contribution in [0.2, 0.25) is 5.02 Å². The van der Waals surface area contributed by atoms with E-state index in [0.717, 1.165) is 11.3 Å². The third kappa shape index (κ3) is 4.24. The van der Waals surface area contributed by atoms with Crippen molar-refractivity contribution in [2.45, 2.75) is 11.4 Å². The van der Waals surface area contributed by atoms with E-state index < -0.39 is 10.0 Å². The Bertz CT molecular complexity index is 1220. The van der Waals surface area contributed by atoms with Gasteiger partial charge in [0.05, 0.1) is 11.9 Å². The smallest absolute Gasteiger partial charge is 0.239 e. The number of aromatic nitrogens is 2. The topological polar surface area (TPSA) is 64.0 Å². The minimum atomic E-state index is -3.83. The Kier molecular flexibility index (Phi) is 5.49. The monoisotopic (exact) mass is 423 g/mol. The quantitative estimate of drug-likeness (QED) is 0.490. The van der Waals surface area contributed by atoms with Gasteiger partial charge in [-0.25, -0.2) is 17.8 Å². The van der Waals surface area contributed by atoms with E-state index in [4.69, 9.17) is 11.6 Å². The Labute approximate surface area is 174 Å². The number of nitrogens with zero attached hydrogens (tertiary/aromatic N) is 2. The molecule has 0 aliphatic carbocycles. The number of benzene rings is 3. The predicted octanol–water partition coefficient (Wildman–Crippen LogP) is 4.67. The van der Waals surface area contributed by atoms with Crippen molar-refractivity contribution in [3.05, 3.63) is 102 Å². The lowest BCUT2D eigenvalue weighted by atomic mass is 10.2. The van der Waals surface area contributed by atoms with Crippen LogP contribution < -0.4 is 4.72 Å². The molecule has 4 aromatic rings. The molecule has 7 heteroatoms. The van der Waals surface area contributed by atoms with E-state index in [1.807, 2.05) is 66.7 Å². The highest BCUT2D eigenvalue weighted by molar-refractivity contribution is 7.89. The molecule has 146 valence electrons. The van der Waals surface area contributed by atoms with E-state index >= 15 is 0 Å². The van der Waals surface area contributed by atoms with Gasteiger partial charge in [-0.3, -0.25) is 0 Å². The third-order valence-electron chi connectivity index (χ3n) is 4.45. The van der Waals surface area contributed by atoms with Gasteiger partial charge in [0.15, 0.2) is 0 Å². The maximum absolute atomic E-state index is 13.1. The second-order valence-electron chi connectivity index (χ2n) is 6.40. The summed E-state index contributed by atoms with van der Waals surface area (Å²) in [6, 6.07) is 25.8. The summed E-state index contributed by atoms with van der Waals surface area (Å²) in [5, 5.41) is 5.07. The maximum Gasteiger partial charge on any atom is 0.244 e. The molecule has 0 saturated carbocycles. The minimum absolute atomic E-state index is 0.0900. The number of halogens is 1. The summed E-state index contributed by atoms with van der Waals surface area (Å²) in [4.78, 5) is 0.111. The molecule has 5 nitrogen and oxygen atoms in total. The van der Waals surface area contributed by atoms with Crippen molar-refractivity contribution >= 4 is 21.6 Å². The second-order valence-corrected chi connectivity index (χ2v) is 8.55. The summed E-state index contributed by atoms with van der Waals surface area (Å²) in [5.41, 5.74) is 2.59. The molecule has 29 heavy (non-hydrogen) atoms. The van der Waals surface area contributed by atoms with Gasteiger partial charge in [-0.2, -0.15) is 5.10 Å². The van der Waals surface area contributed by atoms with Crippen molar-refractivity contribution < 1.29 is 8.42 Å². The number of sulfonamides is 1. The van der Waals surface area contributed by atoms with E-state index in [9.17, 15) is 8.42 Å². The number of para-hydroxylation sites is 1. The first-order valence-corrected chi connectivity index (χ1v) is 10.8. The Hall–Kier alpha value is -2.93. The molecule has 0 radical (unpaired) electrons. The van der Waals surface area contributed by atoms with Crippen LogP contribution in [0, 0.1) is 0 Å². The van der Waals surface area contributed by atoms with Gasteiger partial charge in [0.1, 0.15) is 10.6 Å². The molecule has 0 bridgehead atoms. The van der Waals surface area contributed by atoms with E-state index in [2.05, 4.69) is 9.82 Å². The predicted molar refractivity (Wildman–Crippen MR) is 114 cm³/mol. The van der Waals surface area contributed by atoms with Crippen molar-refractivity contribution in [3.63, 3.8) is 0 Å². The standard InChI is InChI=1S/C22H18ClN3O2S/c23-20-14-8-7-11-18(20)15-24-29(27,28)21-16-26(19-12-5-2-6-13-19)25-22(21)17-9-3-1-4-10-17/h1-14,16,24H,15H2. The zero-order valence-corrected chi connectivity index (χ0v) is 16.9. The summed E-state index contributed by atoms with van der Waals surface area (Å²) in [7, 11) is -3.83. The van der Waals surface area contributed by atoms with Crippen LogP contribution >= 0.6 is 11.6 Å². The number of nitrogens with one attached hydrogen (secondary N) is 1. The minimum Gasteiger partial charge on any atom is -0.239 e. The Morgan fingerprint density at radius 1 is 0.862 bits per heavy atom. The summed E-state index contributed by atoms with van der Waals surface area (Å²) >= 11 is 6.16. The fourth-order valence-electron chi connectivity index (χ4n) is 2.96. The molecule has 0 spiro atoms. The van der Waals surface area contributed by atoms with Gasteiger partial charge in [0, 0.05) is 17.1 Å². The Balaban J connectivity index is 1.75. The van der Waals surface area contributed by atoms with Crippen LogP contribution in [0.5, 0.6) is 0 Å². The van der Waals surface area contributed by atoms with E-state index in [1.54, 1.807) is 22.9 Å². The first-order chi connectivity index (χ1) is 14.0. The van der Waals surface area contributed by atoms with Gasteiger partial charge >= 0.3 is 0 Å². The van der Waals surface area contributed by atoms with Gasteiger partial charge in [-0.1, -0.05) is 78.3 Å². The highest BCUT2D eigenvalue weighted by Gasteiger charge is 2.24. The van der Waals surface area contributed by atoms with E-state index in [0.29, 0.717) is 16.3 Å². The van der Waals surface area contributed by atoms with Crippen LogP contribution in [0.1, 0.15) is 5.56 Å². The molecular weight excluding hydrogens is 406 g/mol. The zero-order valence-electron chi connectivity index (χ0n) is 15.4. The lowest BCUT2D eigenvalue weighted by molar-refractivity contribution is 0.581. The van der Waals surface area contributed by atoms with E-state index in [-0.39, 0.29) is 11.4 Å². The summed E-state index contributed by atoms with van der Waals surface area (Å²) < 4.78 is 30.5. The molecule has 0 fully saturated rings. The molecule has 1 heterocycles. The first-order valence-electron chi connectivity index (χ1n) is 8.98. The Morgan fingerprint density at radius 2 is 1.48 bits per heavy atom. The lowest BCUT2D eigenvalue weighted by Gasteiger charge is -2.08. The van der Waals surface area contributed by atoms with Crippen LogP contribution in [0.3, 0.4) is 0 Å². The number of rotatable bonds is 6. The van der Waals surface area contributed by atoms with E-state index in [1.165, 1.54) is 6.20 Å². The largest absolute Gasteiger partial charge is 0.244 e. The molecule has 0 aliphatic heterocycles. The average molecular weight is 424 g/mol.